The molecule has 1 heteroatoms. The first-order valence-electron chi connectivity index (χ1n) is 4.44. The third-order valence-corrected chi connectivity index (χ3v) is 2.56. The van der Waals surface area contributed by atoms with Crippen molar-refractivity contribution in [3.63, 3.8) is 0 Å². The predicted octanol–water partition coefficient (Wildman–Crippen LogP) is 2.85. The Hall–Kier alpha value is -1.55. The minimum atomic E-state index is 0.524. The van der Waals surface area contributed by atoms with Gasteiger partial charge in [-0.3, -0.25) is 0 Å². The molecule has 1 aromatic rings. The molecule has 1 aromatic carbocycles. The van der Waals surface area contributed by atoms with Crippen LogP contribution in [0, 0.1) is 13.5 Å². The number of benzene rings is 1. The van der Waals surface area contributed by atoms with Gasteiger partial charge in [0, 0.05) is 5.57 Å². The molecule has 0 saturated carbocycles. The Morgan fingerprint density at radius 3 is 3.08 bits per heavy atom. The highest BCUT2D eigenvalue weighted by Crippen LogP contribution is 2.29. The average molecular weight is 169 g/mol. The molecule has 1 nitrogen and oxygen atoms in total. The second kappa shape index (κ2) is 3.06. The standard InChI is InChI=1S/C12H11N/c1-9-4-3-5-12-10(8-13-2)6-7-11(9)12/h3-6H,7-8H2,1H3. The number of fused-ring (bicyclic) bond motifs is 1. The summed E-state index contributed by atoms with van der Waals surface area (Å²) in [6.07, 6.45) is 3.18. The van der Waals surface area contributed by atoms with Crippen LogP contribution in [-0.2, 0) is 6.42 Å². The fraction of sp³-hybridized carbons (Fsp3) is 0.250. The van der Waals surface area contributed by atoms with E-state index in [1.54, 1.807) is 0 Å². The first kappa shape index (κ1) is 8.07. The SMILES string of the molecule is [C-]#[N+]CC1=CCc2c(C)cccc21. The van der Waals surface area contributed by atoms with E-state index in [-0.39, 0.29) is 0 Å². The van der Waals surface area contributed by atoms with Crippen LogP contribution in [0.1, 0.15) is 16.7 Å². The molecule has 0 radical (unpaired) electrons. The molecule has 13 heavy (non-hydrogen) atoms. The molecule has 0 aromatic heterocycles. The quantitative estimate of drug-likeness (QED) is 0.569. The van der Waals surface area contributed by atoms with E-state index in [1.807, 2.05) is 0 Å². The van der Waals surface area contributed by atoms with Gasteiger partial charge in [-0.2, -0.15) is 0 Å². The highest BCUT2D eigenvalue weighted by molar-refractivity contribution is 5.75. The van der Waals surface area contributed by atoms with Crippen molar-refractivity contribution in [2.24, 2.45) is 0 Å². The van der Waals surface area contributed by atoms with Gasteiger partial charge in [-0.05, 0) is 30.0 Å². The Labute approximate surface area is 78.5 Å². The maximum atomic E-state index is 6.85. The van der Waals surface area contributed by atoms with Gasteiger partial charge in [-0.25, -0.2) is 6.57 Å². The highest BCUT2D eigenvalue weighted by atomic mass is 14.6. The van der Waals surface area contributed by atoms with Gasteiger partial charge in [0.15, 0.2) is 0 Å². The molecule has 0 amide bonds. The van der Waals surface area contributed by atoms with E-state index in [0.29, 0.717) is 6.54 Å². The second-order valence-electron chi connectivity index (χ2n) is 3.35. The molecule has 0 fully saturated rings. The van der Waals surface area contributed by atoms with Gasteiger partial charge in [0.2, 0.25) is 6.54 Å². The minimum absolute atomic E-state index is 0.524. The van der Waals surface area contributed by atoms with Gasteiger partial charge >= 0.3 is 0 Å². The fourth-order valence-electron chi connectivity index (χ4n) is 1.84. The topological polar surface area (TPSA) is 4.36 Å². The van der Waals surface area contributed by atoms with E-state index >= 15 is 0 Å². The molecule has 0 atom stereocenters. The average Bonchev–Trinajstić information content (AvgIpc) is 2.51. The Balaban J connectivity index is 2.46. The largest absolute Gasteiger partial charge is 0.312 e. The van der Waals surface area contributed by atoms with Crippen LogP contribution in [0.2, 0.25) is 0 Å². The Morgan fingerprint density at radius 1 is 1.46 bits per heavy atom. The number of rotatable bonds is 1. The number of allylic oxidation sites excluding steroid dienone is 1. The van der Waals surface area contributed by atoms with Crippen LogP contribution in [0.4, 0.5) is 0 Å². The van der Waals surface area contributed by atoms with E-state index in [2.05, 4.69) is 36.0 Å². The molecular weight excluding hydrogens is 158 g/mol. The van der Waals surface area contributed by atoms with Crippen molar-refractivity contribution in [3.05, 3.63) is 52.4 Å². The zero-order valence-electron chi connectivity index (χ0n) is 7.67. The lowest BCUT2D eigenvalue weighted by Gasteiger charge is -2.03. The number of nitrogens with zero attached hydrogens (tertiary/aromatic N) is 1. The minimum Gasteiger partial charge on any atom is -0.312 e. The van der Waals surface area contributed by atoms with Gasteiger partial charge < -0.3 is 4.85 Å². The summed E-state index contributed by atoms with van der Waals surface area (Å²) in [5.41, 5.74) is 5.24. The van der Waals surface area contributed by atoms with E-state index in [4.69, 9.17) is 6.57 Å². The van der Waals surface area contributed by atoms with Crippen LogP contribution in [0.3, 0.4) is 0 Å². The van der Waals surface area contributed by atoms with E-state index in [0.717, 1.165) is 6.42 Å². The first-order chi connectivity index (χ1) is 6.33. The Kier molecular flexibility index (Phi) is 1.90. The highest BCUT2D eigenvalue weighted by Gasteiger charge is 2.16. The summed E-state index contributed by atoms with van der Waals surface area (Å²) in [7, 11) is 0. The van der Waals surface area contributed by atoms with Crippen LogP contribution in [0.25, 0.3) is 10.4 Å². The zero-order chi connectivity index (χ0) is 9.26. The lowest BCUT2D eigenvalue weighted by atomic mass is 10.0. The predicted molar refractivity (Wildman–Crippen MR) is 54.3 cm³/mol. The van der Waals surface area contributed by atoms with E-state index in [9.17, 15) is 0 Å². The van der Waals surface area contributed by atoms with Crippen LogP contribution in [0.5, 0.6) is 0 Å². The Morgan fingerprint density at radius 2 is 2.31 bits per heavy atom. The summed E-state index contributed by atoms with van der Waals surface area (Å²) in [6.45, 7) is 9.50. The lowest BCUT2D eigenvalue weighted by Crippen LogP contribution is -1.89. The maximum Gasteiger partial charge on any atom is 0.240 e. The number of hydrogen-bond acceptors (Lipinski definition) is 0. The molecule has 0 bridgehead atoms. The van der Waals surface area contributed by atoms with Crippen molar-refractivity contribution in [2.45, 2.75) is 13.3 Å². The lowest BCUT2D eigenvalue weighted by molar-refractivity contribution is 1.24. The van der Waals surface area contributed by atoms with Crippen molar-refractivity contribution >= 4 is 5.57 Å². The molecule has 0 saturated heterocycles. The summed E-state index contributed by atoms with van der Waals surface area (Å²) < 4.78 is 0. The zero-order valence-corrected chi connectivity index (χ0v) is 7.67. The van der Waals surface area contributed by atoms with Gasteiger partial charge in [-0.1, -0.05) is 24.3 Å². The fourth-order valence-corrected chi connectivity index (χ4v) is 1.84. The summed E-state index contributed by atoms with van der Waals surface area (Å²) >= 11 is 0. The molecule has 0 unspecified atom stereocenters. The second-order valence-corrected chi connectivity index (χ2v) is 3.35. The molecular formula is C12H11N. The molecule has 0 heterocycles. The van der Waals surface area contributed by atoms with Crippen molar-refractivity contribution in [1.29, 1.82) is 0 Å². The molecule has 1 aliphatic carbocycles. The number of aryl methyl sites for hydroxylation is 1. The molecule has 0 spiro atoms. The normalized spacial score (nSPS) is 13.4. The van der Waals surface area contributed by atoms with Gasteiger partial charge in [0.05, 0.1) is 0 Å². The molecule has 0 aliphatic heterocycles. The van der Waals surface area contributed by atoms with Gasteiger partial charge in [-0.15, -0.1) is 0 Å². The van der Waals surface area contributed by atoms with Crippen molar-refractivity contribution in [1.82, 2.24) is 0 Å². The van der Waals surface area contributed by atoms with E-state index in [1.165, 1.54) is 22.3 Å². The third-order valence-electron chi connectivity index (χ3n) is 2.56. The summed E-state index contributed by atoms with van der Waals surface area (Å²) in [4.78, 5) is 3.43. The van der Waals surface area contributed by atoms with Crippen molar-refractivity contribution in [3.8, 4) is 0 Å². The van der Waals surface area contributed by atoms with Gasteiger partial charge in [0.1, 0.15) is 0 Å². The molecule has 1 aliphatic rings. The van der Waals surface area contributed by atoms with Crippen LogP contribution >= 0.6 is 0 Å². The van der Waals surface area contributed by atoms with E-state index < -0.39 is 0 Å². The third kappa shape index (κ3) is 1.25. The first-order valence-corrected chi connectivity index (χ1v) is 4.44. The summed E-state index contributed by atoms with van der Waals surface area (Å²) in [6, 6.07) is 6.32. The monoisotopic (exact) mass is 169 g/mol. The van der Waals surface area contributed by atoms with Crippen LogP contribution in [-0.4, -0.2) is 6.54 Å². The van der Waals surface area contributed by atoms with Crippen LogP contribution in [0.15, 0.2) is 24.3 Å². The number of hydrogen-bond donors (Lipinski definition) is 0. The maximum absolute atomic E-state index is 6.85. The van der Waals surface area contributed by atoms with Gasteiger partial charge in [0.25, 0.3) is 0 Å². The van der Waals surface area contributed by atoms with Crippen molar-refractivity contribution < 1.29 is 0 Å². The molecule has 0 N–H and O–H groups in total. The smallest absolute Gasteiger partial charge is 0.240 e. The molecule has 64 valence electrons. The molecule has 2 rings (SSSR count). The Bertz CT molecular complexity index is 408. The summed E-state index contributed by atoms with van der Waals surface area (Å²) in [5.74, 6) is 0. The van der Waals surface area contributed by atoms with Crippen molar-refractivity contribution in [2.75, 3.05) is 6.54 Å². The summed E-state index contributed by atoms with van der Waals surface area (Å²) in [5, 5.41) is 0. The van der Waals surface area contributed by atoms with Crippen LogP contribution < -0.4 is 0 Å².